The smallest absolute Gasteiger partial charge is 0.231 e. The number of methoxy groups -OCH3 is 3. The molecule has 8 heteroatoms. The molecule has 2 N–H and O–H groups in total. The third-order valence-corrected chi connectivity index (χ3v) is 7.20. The SMILES string of the molecule is COc1cc(C2CC(=O)C3=C(C2)Nc2ccccc2NC3c2ccc3c(c2)OCO3)cc(OC)c1OC. The fourth-order valence-corrected chi connectivity index (χ4v) is 5.41. The summed E-state index contributed by atoms with van der Waals surface area (Å²) in [5.74, 6) is 3.09. The van der Waals surface area contributed by atoms with Crippen LogP contribution in [0, 0.1) is 0 Å². The maximum absolute atomic E-state index is 13.9. The zero-order valence-corrected chi connectivity index (χ0v) is 20.9. The lowest BCUT2D eigenvalue weighted by molar-refractivity contribution is -0.116. The molecule has 0 saturated heterocycles. The van der Waals surface area contributed by atoms with E-state index in [1.807, 2.05) is 54.6 Å². The zero-order valence-electron chi connectivity index (χ0n) is 20.9. The molecule has 190 valence electrons. The van der Waals surface area contributed by atoms with Gasteiger partial charge in [0.1, 0.15) is 0 Å². The van der Waals surface area contributed by atoms with Gasteiger partial charge in [-0.25, -0.2) is 0 Å². The van der Waals surface area contributed by atoms with Crippen LogP contribution in [0.1, 0.15) is 35.9 Å². The quantitative estimate of drug-likeness (QED) is 0.480. The number of allylic oxidation sites excluding steroid dienone is 1. The van der Waals surface area contributed by atoms with Crippen LogP contribution in [0.4, 0.5) is 11.4 Å². The average Bonchev–Trinajstić information content (AvgIpc) is 3.32. The van der Waals surface area contributed by atoms with Gasteiger partial charge >= 0.3 is 0 Å². The van der Waals surface area contributed by atoms with Gasteiger partial charge in [-0.1, -0.05) is 18.2 Å². The molecular weight excluding hydrogens is 472 g/mol. The largest absolute Gasteiger partial charge is 0.493 e. The molecule has 0 aromatic heterocycles. The predicted molar refractivity (Wildman–Crippen MR) is 139 cm³/mol. The van der Waals surface area contributed by atoms with Crippen LogP contribution >= 0.6 is 0 Å². The van der Waals surface area contributed by atoms with E-state index in [1.165, 1.54) is 0 Å². The molecule has 3 aromatic carbocycles. The fraction of sp³-hybridized carbons (Fsp3) is 0.276. The number of nitrogens with one attached hydrogen (secondary N) is 2. The van der Waals surface area contributed by atoms with E-state index >= 15 is 0 Å². The topological polar surface area (TPSA) is 87.3 Å². The van der Waals surface area contributed by atoms with E-state index in [4.69, 9.17) is 23.7 Å². The van der Waals surface area contributed by atoms with Crippen molar-refractivity contribution in [3.8, 4) is 28.7 Å². The normalized spacial score (nSPS) is 19.7. The van der Waals surface area contributed by atoms with Crippen molar-refractivity contribution in [3.05, 3.63) is 77.0 Å². The minimum atomic E-state index is -0.339. The number of hydrogen-bond donors (Lipinski definition) is 2. The van der Waals surface area contributed by atoms with E-state index in [-0.39, 0.29) is 24.5 Å². The lowest BCUT2D eigenvalue weighted by atomic mass is 9.78. The summed E-state index contributed by atoms with van der Waals surface area (Å²) in [6.07, 6.45) is 1.01. The van der Waals surface area contributed by atoms with Gasteiger partial charge in [0.15, 0.2) is 28.8 Å². The standard InChI is InChI=1S/C29H28N2O6/c1-33-25-13-18(14-26(34-2)29(25)35-3)17-10-21-27(22(32)11-17)28(31-20-7-5-4-6-19(20)30-21)16-8-9-23-24(12-16)37-15-36-23/h4-9,12-14,17,28,30-31H,10-11,15H2,1-3H3. The van der Waals surface area contributed by atoms with Crippen LogP contribution in [0.5, 0.6) is 28.7 Å². The average molecular weight is 501 g/mol. The van der Waals surface area contributed by atoms with Gasteiger partial charge in [-0.15, -0.1) is 0 Å². The molecular formula is C29H28N2O6. The Bertz CT molecular complexity index is 1390. The van der Waals surface area contributed by atoms with Gasteiger partial charge in [0.05, 0.1) is 38.7 Å². The second-order valence-corrected chi connectivity index (χ2v) is 9.24. The number of para-hydroxylation sites is 2. The maximum atomic E-state index is 13.9. The minimum absolute atomic E-state index is 0.0601. The second-order valence-electron chi connectivity index (χ2n) is 9.24. The summed E-state index contributed by atoms with van der Waals surface area (Å²) < 4.78 is 27.8. The Morgan fingerprint density at radius 3 is 2.27 bits per heavy atom. The number of ether oxygens (including phenoxy) is 5. The highest BCUT2D eigenvalue weighted by atomic mass is 16.7. The first-order valence-corrected chi connectivity index (χ1v) is 12.2. The van der Waals surface area contributed by atoms with Gasteiger partial charge in [0, 0.05) is 17.7 Å². The molecule has 1 aliphatic carbocycles. The van der Waals surface area contributed by atoms with Gasteiger partial charge in [-0.05, 0) is 59.9 Å². The summed E-state index contributed by atoms with van der Waals surface area (Å²) >= 11 is 0. The second kappa shape index (κ2) is 9.28. The number of ketones is 1. The highest BCUT2D eigenvalue weighted by Crippen LogP contribution is 2.48. The molecule has 6 rings (SSSR count). The molecule has 0 bridgehead atoms. The number of rotatable bonds is 5. The highest BCUT2D eigenvalue weighted by Gasteiger charge is 2.37. The summed E-state index contributed by atoms with van der Waals surface area (Å²) in [6, 6.07) is 17.4. The molecule has 8 nitrogen and oxygen atoms in total. The zero-order chi connectivity index (χ0) is 25.5. The van der Waals surface area contributed by atoms with Crippen molar-refractivity contribution in [1.29, 1.82) is 0 Å². The molecule has 37 heavy (non-hydrogen) atoms. The van der Waals surface area contributed by atoms with Crippen molar-refractivity contribution in [3.63, 3.8) is 0 Å². The predicted octanol–water partition coefficient (Wildman–Crippen LogP) is 5.42. The Labute approximate surface area is 215 Å². The van der Waals surface area contributed by atoms with E-state index in [9.17, 15) is 4.79 Å². The molecule has 2 aliphatic heterocycles. The third kappa shape index (κ3) is 3.98. The Morgan fingerprint density at radius 1 is 0.811 bits per heavy atom. The van der Waals surface area contributed by atoms with Gasteiger partial charge in [0.2, 0.25) is 12.5 Å². The number of fused-ring (bicyclic) bond motifs is 2. The molecule has 3 aromatic rings. The molecule has 3 aliphatic rings. The molecule has 0 amide bonds. The van der Waals surface area contributed by atoms with Gasteiger partial charge in [-0.2, -0.15) is 0 Å². The number of carbonyl (C=O) groups excluding carboxylic acids is 1. The van der Waals surface area contributed by atoms with Crippen molar-refractivity contribution in [2.45, 2.75) is 24.8 Å². The van der Waals surface area contributed by atoms with Crippen LogP contribution in [-0.2, 0) is 4.79 Å². The molecule has 2 heterocycles. The Balaban J connectivity index is 1.44. The molecule has 0 spiro atoms. The van der Waals surface area contributed by atoms with Gasteiger partial charge in [0.25, 0.3) is 0 Å². The van der Waals surface area contributed by atoms with Crippen LogP contribution in [-0.4, -0.2) is 33.9 Å². The monoisotopic (exact) mass is 500 g/mol. The summed E-state index contributed by atoms with van der Waals surface area (Å²) in [5, 5.41) is 7.19. The van der Waals surface area contributed by atoms with Crippen molar-refractivity contribution >= 4 is 17.2 Å². The number of anilines is 2. The van der Waals surface area contributed by atoms with Crippen molar-refractivity contribution in [2.75, 3.05) is 38.8 Å². The van der Waals surface area contributed by atoms with Crippen LogP contribution in [0.25, 0.3) is 0 Å². The van der Waals surface area contributed by atoms with E-state index in [0.717, 1.165) is 33.8 Å². The van der Waals surface area contributed by atoms with E-state index in [1.54, 1.807) is 21.3 Å². The molecule has 0 saturated carbocycles. The molecule has 0 fully saturated rings. The summed E-state index contributed by atoms with van der Waals surface area (Å²) in [7, 11) is 4.77. The number of benzene rings is 3. The number of hydrogen-bond acceptors (Lipinski definition) is 8. The van der Waals surface area contributed by atoms with Crippen molar-refractivity contribution in [1.82, 2.24) is 0 Å². The van der Waals surface area contributed by atoms with Gasteiger partial charge in [-0.3, -0.25) is 4.79 Å². The van der Waals surface area contributed by atoms with E-state index in [2.05, 4.69) is 10.6 Å². The lowest BCUT2D eigenvalue weighted by Crippen LogP contribution is -2.27. The van der Waals surface area contributed by atoms with Crippen LogP contribution in [0.2, 0.25) is 0 Å². The maximum Gasteiger partial charge on any atom is 0.231 e. The first kappa shape index (κ1) is 23.1. The Kier molecular flexibility index (Phi) is 5.79. The lowest BCUT2D eigenvalue weighted by Gasteiger charge is -2.30. The molecule has 2 atom stereocenters. The van der Waals surface area contributed by atoms with Crippen molar-refractivity contribution < 1.29 is 28.5 Å². The van der Waals surface area contributed by atoms with E-state index in [0.29, 0.717) is 41.6 Å². The minimum Gasteiger partial charge on any atom is -0.493 e. The molecule has 0 radical (unpaired) electrons. The fourth-order valence-electron chi connectivity index (χ4n) is 5.41. The third-order valence-electron chi connectivity index (χ3n) is 7.20. The van der Waals surface area contributed by atoms with E-state index < -0.39 is 0 Å². The first-order chi connectivity index (χ1) is 18.1. The summed E-state index contributed by atoms with van der Waals surface area (Å²) in [4.78, 5) is 13.9. The van der Waals surface area contributed by atoms with Crippen LogP contribution in [0.3, 0.4) is 0 Å². The molecule has 2 unspecified atom stereocenters. The number of carbonyl (C=O) groups is 1. The first-order valence-electron chi connectivity index (χ1n) is 12.2. The van der Waals surface area contributed by atoms with Gasteiger partial charge < -0.3 is 34.3 Å². The Morgan fingerprint density at radius 2 is 1.54 bits per heavy atom. The van der Waals surface area contributed by atoms with Crippen LogP contribution in [0.15, 0.2) is 65.9 Å². The Hall–Kier alpha value is -4.33. The highest BCUT2D eigenvalue weighted by molar-refractivity contribution is 6.01. The summed E-state index contributed by atoms with van der Waals surface area (Å²) in [6.45, 7) is 0.199. The summed E-state index contributed by atoms with van der Waals surface area (Å²) in [5.41, 5.74) is 5.39. The van der Waals surface area contributed by atoms with Crippen LogP contribution < -0.4 is 34.3 Å². The van der Waals surface area contributed by atoms with Crippen molar-refractivity contribution in [2.24, 2.45) is 0 Å². The number of Topliss-reactive ketones (excluding diaryl/α,β-unsaturated/α-hetero) is 1.